The van der Waals surface area contributed by atoms with Crippen molar-refractivity contribution >= 4 is 35.2 Å². The first-order valence-corrected chi connectivity index (χ1v) is 13.2. The number of carbonyl (C=O) groups is 3. The summed E-state index contributed by atoms with van der Waals surface area (Å²) in [5, 5.41) is 9.94. The summed E-state index contributed by atoms with van der Waals surface area (Å²) < 4.78 is 10.0. The van der Waals surface area contributed by atoms with Gasteiger partial charge in [0.2, 0.25) is 5.91 Å². The van der Waals surface area contributed by atoms with Crippen LogP contribution in [0.4, 0.5) is 5.69 Å². The normalized spacial score (nSPS) is 29.0. The number of rotatable bonds is 11. The van der Waals surface area contributed by atoms with Crippen LogP contribution in [0.1, 0.15) is 26.2 Å². The molecule has 3 saturated heterocycles. The summed E-state index contributed by atoms with van der Waals surface area (Å²) in [5.41, 5.74) is 0.655. The molecule has 36 heavy (non-hydrogen) atoms. The number of ether oxygens (including phenoxy) is 2. The molecule has 8 nitrogen and oxygen atoms in total. The molecule has 3 aliphatic rings. The molecule has 1 spiro atoms. The first kappa shape index (κ1) is 26.3. The lowest BCUT2D eigenvalue weighted by Crippen LogP contribution is -2.57. The van der Waals surface area contributed by atoms with Crippen molar-refractivity contribution in [2.24, 2.45) is 11.8 Å². The van der Waals surface area contributed by atoms with Crippen LogP contribution in [0, 0.1) is 11.8 Å². The number of amides is 2. The van der Waals surface area contributed by atoms with Crippen LogP contribution < -0.4 is 9.64 Å². The number of likely N-dealkylation sites (tertiary alicyclic amines) is 1. The number of aliphatic hydroxyl groups is 1. The molecule has 2 amide bonds. The number of anilines is 1. The Morgan fingerprint density at radius 3 is 2.64 bits per heavy atom. The number of fused-ring (bicyclic) bond motifs is 1. The number of esters is 1. The lowest BCUT2D eigenvalue weighted by atomic mass is 9.71. The highest BCUT2D eigenvalue weighted by atomic mass is 32.2. The van der Waals surface area contributed by atoms with Crippen LogP contribution in [0.2, 0.25) is 0 Å². The van der Waals surface area contributed by atoms with Crippen molar-refractivity contribution in [1.29, 1.82) is 0 Å². The molecule has 1 N–H and O–H groups in total. The molecule has 2 bridgehead atoms. The molecular formula is C27H34N2O6S. The fourth-order valence-electron chi connectivity index (χ4n) is 5.90. The van der Waals surface area contributed by atoms with Gasteiger partial charge in [-0.05, 0) is 50.5 Å². The maximum atomic E-state index is 14.3. The highest BCUT2D eigenvalue weighted by molar-refractivity contribution is 8.02. The SMILES string of the molecule is C=CCCOC(=O)[C@@H]1[C@H]2C(=O)N([C@H](C)CO)C(C(=O)N(CC=C)c3ccc(OC)cc3)C23CC[C@H]1S3. The largest absolute Gasteiger partial charge is 0.497 e. The van der Waals surface area contributed by atoms with E-state index in [1.807, 2.05) is 0 Å². The molecule has 9 heteroatoms. The number of hydrogen-bond acceptors (Lipinski definition) is 7. The summed E-state index contributed by atoms with van der Waals surface area (Å²) in [6, 6.07) is 5.75. The smallest absolute Gasteiger partial charge is 0.310 e. The van der Waals surface area contributed by atoms with E-state index in [-0.39, 0.29) is 36.8 Å². The van der Waals surface area contributed by atoms with Gasteiger partial charge in [0.05, 0.1) is 42.9 Å². The Bertz CT molecular complexity index is 1030. The lowest BCUT2D eigenvalue weighted by Gasteiger charge is -2.38. The molecule has 3 heterocycles. The zero-order valence-corrected chi connectivity index (χ0v) is 21.6. The van der Waals surface area contributed by atoms with Gasteiger partial charge in [-0.3, -0.25) is 14.4 Å². The van der Waals surface area contributed by atoms with Crippen LogP contribution in [0.3, 0.4) is 0 Å². The number of nitrogens with zero attached hydrogens (tertiary/aromatic N) is 2. The molecule has 1 aromatic rings. The Morgan fingerprint density at radius 1 is 1.31 bits per heavy atom. The van der Waals surface area contributed by atoms with E-state index in [1.54, 1.807) is 67.1 Å². The summed E-state index contributed by atoms with van der Waals surface area (Å²) in [4.78, 5) is 44.5. The van der Waals surface area contributed by atoms with Crippen molar-refractivity contribution in [2.45, 2.75) is 48.3 Å². The van der Waals surface area contributed by atoms with E-state index in [0.717, 1.165) is 6.42 Å². The van der Waals surface area contributed by atoms with Gasteiger partial charge in [0, 0.05) is 17.5 Å². The van der Waals surface area contributed by atoms with Gasteiger partial charge in [0.15, 0.2) is 0 Å². The van der Waals surface area contributed by atoms with E-state index in [0.29, 0.717) is 24.3 Å². The molecule has 0 aromatic heterocycles. The minimum absolute atomic E-state index is 0.0779. The van der Waals surface area contributed by atoms with E-state index < -0.39 is 34.6 Å². The average Bonchev–Trinajstić information content (AvgIpc) is 3.54. The van der Waals surface area contributed by atoms with Crippen LogP contribution in [-0.2, 0) is 19.1 Å². The second-order valence-electron chi connectivity index (χ2n) is 9.51. The number of benzene rings is 1. The maximum absolute atomic E-state index is 14.3. The van der Waals surface area contributed by atoms with Crippen LogP contribution in [0.5, 0.6) is 5.75 Å². The third kappa shape index (κ3) is 4.22. The fraction of sp³-hybridized carbons (Fsp3) is 0.519. The quantitative estimate of drug-likeness (QED) is 0.276. The van der Waals surface area contributed by atoms with Crippen LogP contribution >= 0.6 is 11.8 Å². The summed E-state index contributed by atoms with van der Waals surface area (Å²) in [6.07, 6.45) is 5.23. The van der Waals surface area contributed by atoms with Gasteiger partial charge in [-0.15, -0.1) is 24.9 Å². The van der Waals surface area contributed by atoms with E-state index in [2.05, 4.69) is 13.2 Å². The number of carbonyl (C=O) groups excluding carboxylic acids is 3. The van der Waals surface area contributed by atoms with Gasteiger partial charge in [-0.25, -0.2) is 0 Å². The Labute approximate surface area is 216 Å². The molecule has 1 aromatic carbocycles. The number of methoxy groups -OCH3 is 1. The zero-order valence-electron chi connectivity index (χ0n) is 20.8. The third-order valence-electron chi connectivity index (χ3n) is 7.51. The summed E-state index contributed by atoms with van der Waals surface area (Å²) in [5.74, 6) is -1.51. The van der Waals surface area contributed by atoms with Crippen LogP contribution in [0.25, 0.3) is 0 Å². The van der Waals surface area contributed by atoms with Crippen LogP contribution in [-0.4, -0.2) is 76.7 Å². The number of aliphatic hydroxyl groups excluding tert-OH is 1. The summed E-state index contributed by atoms with van der Waals surface area (Å²) >= 11 is 1.58. The molecular weight excluding hydrogens is 480 g/mol. The predicted molar refractivity (Wildman–Crippen MR) is 139 cm³/mol. The van der Waals surface area contributed by atoms with Crippen molar-refractivity contribution in [2.75, 3.05) is 31.8 Å². The number of thioether (sulfide) groups is 1. The molecule has 3 aliphatic heterocycles. The van der Waals surface area contributed by atoms with Crippen molar-refractivity contribution in [3.8, 4) is 5.75 Å². The van der Waals surface area contributed by atoms with Crippen molar-refractivity contribution < 1.29 is 29.0 Å². The second-order valence-corrected chi connectivity index (χ2v) is 11.1. The van der Waals surface area contributed by atoms with Crippen molar-refractivity contribution in [3.05, 3.63) is 49.6 Å². The lowest BCUT2D eigenvalue weighted by molar-refractivity contribution is -0.154. The van der Waals surface area contributed by atoms with E-state index in [9.17, 15) is 19.5 Å². The Balaban J connectivity index is 1.73. The highest BCUT2D eigenvalue weighted by Crippen LogP contribution is 2.67. The molecule has 0 aliphatic carbocycles. The number of hydrogen-bond donors (Lipinski definition) is 1. The van der Waals surface area contributed by atoms with Crippen molar-refractivity contribution in [3.63, 3.8) is 0 Å². The Kier molecular flexibility index (Phi) is 7.80. The van der Waals surface area contributed by atoms with E-state index in [4.69, 9.17) is 9.47 Å². The summed E-state index contributed by atoms with van der Waals surface area (Å²) in [7, 11) is 1.58. The monoisotopic (exact) mass is 514 g/mol. The average molecular weight is 515 g/mol. The zero-order chi connectivity index (χ0) is 26.0. The van der Waals surface area contributed by atoms with Gasteiger partial charge in [0.1, 0.15) is 11.8 Å². The topological polar surface area (TPSA) is 96.4 Å². The van der Waals surface area contributed by atoms with Gasteiger partial charge in [0.25, 0.3) is 5.91 Å². The summed E-state index contributed by atoms with van der Waals surface area (Å²) in [6.45, 7) is 9.39. The molecule has 194 valence electrons. The van der Waals surface area contributed by atoms with Crippen molar-refractivity contribution in [1.82, 2.24) is 4.90 Å². The Morgan fingerprint density at radius 2 is 2.03 bits per heavy atom. The van der Waals surface area contributed by atoms with Crippen LogP contribution in [0.15, 0.2) is 49.6 Å². The minimum Gasteiger partial charge on any atom is -0.497 e. The molecule has 0 saturated carbocycles. The first-order valence-electron chi connectivity index (χ1n) is 12.3. The predicted octanol–water partition coefficient (Wildman–Crippen LogP) is 2.81. The van der Waals surface area contributed by atoms with E-state index in [1.165, 1.54) is 4.90 Å². The Hall–Kier alpha value is -2.78. The van der Waals surface area contributed by atoms with Gasteiger partial charge >= 0.3 is 5.97 Å². The minimum atomic E-state index is -0.819. The first-order chi connectivity index (χ1) is 17.3. The maximum Gasteiger partial charge on any atom is 0.310 e. The van der Waals surface area contributed by atoms with Gasteiger partial charge < -0.3 is 24.4 Å². The molecule has 4 rings (SSSR count). The highest BCUT2D eigenvalue weighted by Gasteiger charge is 2.74. The molecule has 0 radical (unpaired) electrons. The fourth-order valence-corrected chi connectivity index (χ4v) is 8.09. The third-order valence-corrected chi connectivity index (χ3v) is 9.46. The second kappa shape index (κ2) is 10.7. The molecule has 6 atom stereocenters. The van der Waals surface area contributed by atoms with E-state index >= 15 is 0 Å². The molecule has 3 fully saturated rings. The van der Waals surface area contributed by atoms with Gasteiger partial charge in [-0.1, -0.05) is 12.2 Å². The van der Waals surface area contributed by atoms with Gasteiger partial charge in [-0.2, -0.15) is 0 Å². The standard InChI is InChI=1S/C27H34N2O6S/c1-5-7-15-35-26(33)21-20-12-13-27(36-20)22(21)24(31)29(17(3)16-30)23(27)25(32)28(14-6-2)18-8-10-19(34-4)11-9-18/h5-6,8-11,17,20-23,30H,1-2,7,12-16H2,3-4H3/t17-,20-,21+,22+,23?,27?/m1/s1. The molecule has 2 unspecified atom stereocenters.